The number of halogens is 2. The third-order valence-corrected chi connectivity index (χ3v) is 1.32. The smallest absolute Gasteiger partial charge is 0.335 e. The zero-order valence-electron chi connectivity index (χ0n) is 6.60. The van der Waals surface area contributed by atoms with Gasteiger partial charge < -0.3 is 10.4 Å². The minimum absolute atomic E-state index is 0.751. The molecule has 0 rings (SSSR count). The Morgan fingerprint density at radius 1 is 1.50 bits per heavy atom. The summed E-state index contributed by atoms with van der Waals surface area (Å²) in [5.41, 5.74) is -2.49. The normalized spacial score (nSPS) is 15.4. The van der Waals surface area contributed by atoms with Crippen molar-refractivity contribution in [2.24, 2.45) is 0 Å². The molecule has 0 aliphatic carbocycles. The summed E-state index contributed by atoms with van der Waals surface area (Å²) in [5, 5.41) is 10.0. The first-order valence-electron chi connectivity index (χ1n) is 3.11. The van der Waals surface area contributed by atoms with Crippen molar-refractivity contribution >= 4 is 11.9 Å². The van der Waals surface area contributed by atoms with Crippen LogP contribution in [0.15, 0.2) is 0 Å². The van der Waals surface area contributed by atoms with Gasteiger partial charge in [-0.1, -0.05) is 0 Å². The molecule has 70 valence electrons. The molecule has 0 aliphatic heterocycles. The summed E-state index contributed by atoms with van der Waals surface area (Å²) < 4.78 is 24.2. The number of carbonyl (C=O) groups is 2. The maximum absolute atomic E-state index is 12.1. The fourth-order valence-corrected chi connectivity index (χ4v) is 0.567. The van der Waals surface area contributed by atoms with E-state index in [2.05, 4.69) is 0 Å². The molecule has 0 heterocycles. The van der Waals surface area contributed by atoms with E-state index in [1.54, 1.807) is 5.32 Å². The lowest BCUT2D eigenvalue weighted by Gasteiger charge is -2.24. The molecule has 0 aliphatic rings. The highest BCUT2D eigenvalue weighted by molar-refractivity contribution is 5.86. The third-order valence-electron chi connectivity index (χ3n) is 1.32. The highest BCUT2D eigenvalue weighted by atomic mass is 19.3. The Morgan fingerprint density at radius 3 is 2.00 bits per heavy atom. The van der Waals surface area contributed by atoms with Crippen molar-refractivity contribution < 1.29 is 23.5 Å². The van der Waals surface area contributed by atoms with Gasteiger partial charge in [-0.25, -0.2) is 13.6 Å². The van der Waals surface area contributed by atoms with Gasteiger partial charge in [0.2, 0.25) is 5.91 Å². The number of aliphatic carboxylic acids is 1. The molecule has 0 spiro atoms. The van der Waals surface area contributed by atoms with Crippen molar-refractivity contribution in [3.8, 4) is 0 Å². The van der Waals surface area contributed by atoms with Crippen LogP contribution >= 0.6 is 0 Å². The highest BCUT2D eigenvalue weighted by Gasteiger charge is 2.43. The fraction of sp³-hybridized carbons (Fsp3) is 0.667. The van der Waals surface area contributed by atoms with Crippen molar-refractivity contribution in [3.05, 3.63) is 0 Å². The molecule has 0 bridgehead atoms. The number of carboxylic acids is 1. The van der Waals surface area contributed by atoms with Crippen LogP contribution in [0.2, 0.25) is 0 Å². The Balaban J connectivity index is 4.62. The molecular weight excluding hydrogens is 172 g/mol. The molecule has 12 heavy (non-hydrogen) atoms. The molecule has 4 nitrogen and oxygen atoms in total. The van der Waals surface area contributed by atoms with Gasteiger partial charge in [0.25, 0.3) is 6.43 Å². The molecule has 0 aromatic carbocycles. The quantitative estimate of drug-likeness (QED) is 0.655. The molecule has 0 radical (unpaired) electrons. The molecule has 2 N–H and O–H groups in total. The Labute approximate surface area is 67.6 Å². The van der Waals surface area contributed by atoms with Crippen LogP contribution < -0.4 is 5.32 Å². The minimum Gasteiger partial charge on any atom is -0.479 e. The summed E-state index contributed by atoms with van der Waals surface area (Å²) in [4.78, 5) is 20.7. The summed E-state index contributed by atoms with van der Waals surface area (Å²) in [6.45, 7) is 1.73. The second-order valence-corrected chi connectivity index (χ2v) is 2.49. The summed E-state index contributed by atoms with van der Waals surface area (Å²) in [7, 11) is 0. The third kappa shape index (κ3) is 2.14. The largest absolute Gasteiger partial charge is 0.479 e. The Morgan fingerprint density at radius 2 is 1.92 bits per heavy atom. The topological polar surface area (TPSA) is 66.4 Å². The Kier molecular flexibility index (Phi) is 3.12. The molecule has 0 fully saturated rings. The summed E-state index contributed by atoms with van der Waals surface area (Å²) in [5.74, 6) is -2.56. The summed E-state index contributed by atoms with van der Waals surface area (Å²) in [6, 6.07) is 0. The number of rotatable bonds is 3. The maximum atomic E-state index is 12.1. The van der Waals surface area contributed by atoms with Gasteiger partial charge in [-0.3, -0.25) is 4.79 Å². The van der Waals surface area contributed by atoms with Gasteiger partial charge in [-0.2, -0.15) is 0 Å². The molecule has 1 unspecified atom stereocenters. The number of alkyl halides is 2. The predicted molar refractivity (Wildman–Crippen MR) is 35.9 cm³/mol. The SMILES string of the molecule is CC(=O)NC(C)(C(=O)O)C(F)F. The molecule has 0 aromatic rings. The minimum atomic E-state index is -3.14. The van der Waals surface area contributed by atoms with E-state index in [9.17, 15) is 18.4 Å². The van der Waals surface area contributed by atoms with E-state index in [1.807, 2.05) is 0 Å². The van der Waals surface area contributed by atoms with E-state index in [1.165, 1.54) is 0 Å². The van der Waals surface area contributed by atoms with E-state index >= 15 is 0 Å². The number of nitrogens with one attached hydrogen (secondary N) is 1. The Bertz CT molecular complexity index is 207. The van der Waals surface area contributed by atoms with E-state index in [0.717, 1.165) is 13.8 Å². The van der Waals surface area contributed by atoms with E-state index in [-0.39, 0.29) is 0 Å². The number of carboxylic acid groups (broad SMARTS) is 1. The van der Waals surface area contributed by atoms with Crippen molar-refractivity contribution in [1.29, 1.82) is 0 Å². The van der Waals surface area contributed by atoms with Crippen LogP contribution in [0.25, 0.3) is 0 Å². The highest BCUT2D eigenvalue weighted by Crippen LogP contribution is 2.15. The monoisotopic (exact) mass is 181 g/mol. The average molecular weight is 181 g/mol. The molecule has 1 amide bonds. The fourth-order valence-electron chi connectivity index (χ4n) is 0.567. The molecule has 6 heteroatoms. The molecule has 0 saturated carbocycles. The summed E-state index contributed by atoms with van der Waals surface area (Å²) >= 11 is 0. The van der Waals surface area contributed by atoms with Gasteiger partial charge in [-0.05, 0) is 6.92 Å². The zero-order chi connectivity index (χ0) is 9.94. The standard InChI is InChI=1S/C6H9F2NO3/c1-3(10)9-6(2,4(7)8)5(11)12/h4H,1-2H3,(H,9,10)(H,11,12). The lowest BCUT2D eigenvalue weighted by molar-refractivity contribution is -0.153. The number of hydrogen-bond donors (Lipinski definition) is 2. The van der Waals surface area contributed by atoms with E-state index in [4.69, 9.17) is 5.11 Å². The molecule has 1 atom stereocenters. The van der Waals surface area contributed by atoms with Crippen LogP contribution in [0.5, 0.6) is 0 Å². The molecular formula is C6H9F2NO3. The van der Waals surface area contributed by atoms with Crippen LogP contribution in [0.3, 0.4) is 0 Å². The summed E-state index contributed by atoms with van der Waals surface area (Å²) in [6.07, 6.45) is -3.14. The second-order valence-electron chi connectivity index (χ2n) is 2.49. The van der Waals surface area contributed by atoms with Crippen molar-refractivity contribution in [2.75, 3.05) is 0 Å². The first kappa shape index (κ1) is 10.8. The average Bonchev–Trinajstić information content (AvgIpc) is 1.84. The van der Waals surface area contributed by atoms with Gasteiger partial charge >= 0.3 is 5.97 Å². The molecule has 0 saturated heterocycles. The van der Waals surface area contributed by atoms with Crippen LogP contribution in [-0.4, -0.2) is 28.9 Å². The van der Waals surface area contributed by atoms with Gasteiger partial charge in [0.1, 0.15) is 0 Å². The van der Waals surface area contributed by atoms with Gasteiger partial charge in [-0.15, -0.1) is 0 Å². The van der Waals surface area contributed by atoms with Crippen LogP contribution in [-0.2, 0) is 9.59 Å². The van der Waals surface area contributed by atoms with Crippen molar-refractivity contribution in [1.82, 2.24) is 5.32 Å². The lowest BCUT2D eigenvalue weighted by Crippen LogP contribution is -2.56. The Hall–Kier alpha value is -1.20. The van der Waals surface area contributed by atoms with Gasteiger partial charge in [0, 0.05) is 6.92 Å². The van der Waals surface area contributed by atoms with Crippen LogP contribution in [0.1, 0.15) is 13.8 Å². The number of amides is 1. The predicted octanol–water partition coefficient (Wildman–Crippen LogP) is 0.231. The zero-order valence-corrected chi connectivity index (χ0v) is 6.60. The van der Waals surface area contributed by atoms with Gasteiger partial charge in [0.15, 0.2) is 5.54 Å². The van der Waals surface area contributed by atoms with E-state index < -0.39 is 23.8 Å². The first-order chi connectivity index (χ1) is 5.30. The lowest BCUT2D eigenvalue weighted by atomic mass is 10.0. The van der Waals surface area contributed by atoms with E-state index in [0.29, 0.717) is 0 Å². The maximum Gasteiger partial charge on any atom is 0.335 e. The number of carbonyl (C=O) groups excluding carboxylic acids is 1. The van der Waals surface area contributed by atoms with Gasteiger partial charge in [0.05, 0.1) is 0 Å². The van der Waals surface area contributed by atoms with Crippen LogP contribution in [0.4, 0.5) is 8.78 Å². The van der Waals surface area contributed by atoms with Crippen molar-refractivity contribution in [3.63, 3.8) is 0 Å². The first-order valence-corrected chi connectivity index (χ1v) is 3.11. The second kappa shape index (κ2) is 3.46. The van der Waals surface area contributed by atoms with Crippen LogP contribution in [0, 0.1) is 0 Å². The van der Waals surface area contributed by atoms with Crippen molar-refractivity contribution in [2.45, 2.75) is 25.8 Å². The molecule has 0 aromatic heterocycles. The number of hydrogen-bond acceptors (Lipinski definition) is 2.